The molecule has 1 unspecified atom stereocenters. The van der Waals surface area contributed by atoms with Crippen molar-refractivity contribution in [1.82, 2.24) is 10.5 Å². The number of carbonyl (C=O) groups is 1. The van der Waals surface area contributed by atoms with Gasteiger partial charge in [0, 0.05) is 18.8 Å². The molecule has 22 heavy (non-hydrogen) atoms. The Hall–Kier alpha value is -2.20. The molecule has 1 aromatic heterocycles. The monoisotopic (exact) mass is 298 g/mol. The van der Waals surface area contributed by atoms with E-state index in [1.165, 1.54) is 16.7 Å². The van der Waals surface area contributed by atoms with Crippen LogP contribution in [-0.2, 0) is 4.79 Å². The molecule has 0 radical (unpaired) electrons. The number of carbonyl (C=O) groups excluding carboxylic acids is 1. The summed E-state index contributed by atoms with van der Waals surface area (Å²) in [6.07, 6.45) is 6.78. The smallest absolute Gasteiger partial charge is 0.243 e. The van der Waals surface area contributed by atoms with Gasteiger partial charge in [-0.15, -0.1) is 0 Å². The molecule has 0 bridgehead atoms. The fourth-order valence-corrected chi connectivity index (χ4v) is 2.51. The highest BCUT2D eigenvalue weighted by Crippen LogP contribution is 2.25. The van der Waals surface area contributed by atoms with Crippen LogP contribution in [0.15, 0.2) is 48.8 Å². The second-order valence-corrected chi connectivity index (χ2v) is 5.54. The number of benzene rings is 1. The summed E-state index contributed by atoms with van der Waals surface area (Å²) >= 11 is 0. The third kappa shape index (κ3) is 4.67. The maximum Gasteiger partial charge on any atom is 0.243 e. The molecular formula is C18H22N2O2. The van der Waals surface area contributed by atoms with E-state index in [0.717, 1.165) is 19.3 Å². The molecular weight excluding hydrogens is 276 g/mol. The van der Waals surface area contributed by atoms with E-state index in [9.17, 15) is 4.79 Å². The van der Waals surface area contributed by atoms with E-state index in [1.54, 1.807) is 17.9 Å². The Morgan fingerprint density at radius 2 is 1.73 bits per heavy atom. The number of pyridine rings is 1. The summed E-state index contributed by atoms with van der Waals surface area (Å²) in [5.74, 6) is 0.151. The SMILES string of the molecule is CC(CCCCC(=O)NO)c1ccc(-c2ccncc2)cc1. The predicted octanol–water partition coefficient (Wildman–Crippen LogP) is 3.92. The highest BCUT2D eigenvalue weighted by atomic mass is 16.5. The number of unbranched alkanes of at least 4 members (excludes halogenated alkanes) is 1. The van der Waals surface area contributed by atoms with Crippen LogP contribution < -0.4 is 5.48 Å². The Labute approximate surface area is 131 Å². The molecule has 2 rings (SSSR count). The molecule has 0 spiro atoms. The molecule has 116 valence electrons. The molecule has 1 atom stereocenters. The predicted molar refractivity (Wildman–Crippen MR) is 86.5 cm³/mol. The minimum absolute atomic E-state index is 0.311. The number of rotatable bonds is 7. The van der Waals surface area contributed by atoms with Gasteiger partial charge in [0.05, 0.1) is 0 Å². The molecule has 0 aliphatic heterocycles. The molecule has 2 aromatic rings. The van der Waals surface area contributed by atoms with Crippen molar-refractivity contribution < 1.29 is 10.0 Å². The van der Waals surface area contributed by atoms with Crippen LogP contribution in [0, 0.1) is 0 Å². The van der Waals surface area contributed by atoms with Gasteiger partial charge in [-0.25, -0.2) is 5.48 Å². The molecule has 0 aliphatic carbocycles. The first kappa shape index (κ1) is 16.2. The van der Waals surface area contributed by atoms with Gasteiger partial charge >= 0.3 is 0 Å². The van der Waals surface area contributed by atoms with Crippen LogP contribution in [0.3, 0.4) is 0 Å². The van der Waals surface area contributed by atoms with Crippen LogP contribution in [-0.4, -0.2) is 16.1 Å². The Morgan fingerprint density at radius 3 is 2.36 bits per heavy atom. The van der Waals surface area contributed by atoms with Crippen molar-refractivity contribution >= 4 is 5.91 Å². The number of hydrogen-bond donors (Lipinski definition) is 2. The topological polar surface area (TPSA) is 62.2 Å². The maximum atomic E-state index is 10.9. The van der Waals surface area contributed by atoms with E-state index < -0.39 is 0 Å². The molecule has 2 N–H and O–H groups in total. The van der Waals surface area contributed by atoms with Crippen molar-refractivity contribution in [2.45, 2.75) is 38.5 Å². The number of aromatic nitrogens is 1. The van der Waals surface area contributed by atoms with E-state index in [2.05, 4.69) is 36.2 Å². The van der Waals surface area contributed by atoms with E-state index >= 15 is 0 Å². The first-order valence-corrected chi connectivity index (χ1v) is 7.64. The summed E-state index contributed by atoms with van der Waals surface area (Å²) < 4.78 is 0. The highest BCUT2D eigenvalue weighted by Gasteiger charge is 2.07. The standard InChI is InChI=1S/C18H22N2O2/c1-14(4-2-3-5-18(21)20-22)15-6-8-16(9-7-15)17-10-12-19-13-11-17/h6-14,22H,2-5H2,1H3,(H,20,21). The molecule has 0 saturated heterocycles. The van der Waals surface area contributed by atoms with Crippen molar-refractivity contribution in [2.75, 3.05) is 0 Å². The molecule has 4 heteroatoms. The van der Waals surface area contributed by atoms with Gasteiger partial charge < -0.3 is 0 Å². The van der Waals surface area contributed by atoms with Crippen molar-refractivity contribution in [3.8, 4) is 11.1 Å². The lowest BCUT2D eigenvalue weighted by atomic mass is 9.93. The second-order valence-electron chi connectivity index (χ2n) is 5.54. The summed E-state index contributed by atoms with van der Waals surface area (Å²) in [4.78, 5) is 15.0. The van der Waals surface area contributed by atoms with Crippen molar-refractivity contribution in [3.05, 3.63) is 54.4 Å². The second kappa shape index (κ2) is 8.29. The first-order chi connectivity index (χ1) is 10.7. The van der Waals surface area contributed by atoms with Crippen LogP contribution in [0.2, 0.25) is 0 Å². The van der Waals surface area contributed by atoms with Crippen LogP contribution in [0.1, 0.15) is 44.1 Å². The molecule has 0 saturated carbocycles. The van der Waals surface area contributed by atoms with E-state index in [0.29, 0.717) is 12.3 Å². The summed E-state index contributed by atoms with van der Waals surface area (Å²) in [5, 5.41) is 8.44. The zero-order chi connectivity index (χ0) is 15.8. The van der Waals surface area contributed by atoms with Gasteiger partial charge in [0.2, 0.25) is 5.91 Å². The Kier molecular flexibility index (Phi) is 6.10. The minimum Gasteiger partial charge on any atom is -0.289 e. The van der Waals surface area contributed by atoms with Gasteiger partial charge in [0.25, 0.3) is 0 Å². The van der Waals surface area contributed by atoms with Crippen molar-refractivity contribution in [3.63, 3.8) is 0 Å². The number of hydroxylamine groups is 1. The normalized spacial score (nSPS) is 11.9. The van der Waals surface area contributed by atoms with Crippen LogP contribution in [0.5, 0.6) is 0 Å². The molecule has 1 aromatic carbocycles. The summed E-state index contributed by atoms with van der Waals surface area (Å²) in [7, 11) is 0. The molecule has 4 nitrogen and oxygen atoms in total. The van der Waals surface area contributed by atoms with E-state index in [4.69, 9.17) is 5.21 Å². The number of amides is 1. The zero-order valence-corrected chi connectivity index (χ0v) is 12.8. The third-order valence-corrected chi connectivity index (χ3v) is 3.91. The number of nitrogens with zero attached hydrogens (tertiary/aromatic N) is 1. The molecule has 1 heterocycles. The minimum atomic E-state index is -0.311. The lowest BCUT2D eigenvalue weighted by Crippen LogP contribution is -2.17. The largest absolute Gasteiger partial charge is 0.289 e. The van der Waals surface area contributed by atoms with Gasteiger partial charge in [0.1, 0.15) is 0 Å². The number of nitrogens with one attached hydrogen (secondary N) is 1. The van der Waals surface area contributed by atoms with Gasteiger partial charge in [-0.05, 0) is 47.6 Å². The maximum absolute atomic E-state index is 10.9. The average molecular weight is 298 g/mol. The summed E-state index contributed by atoms with van der Waals surface area (Å²) in [6, 6.07) is 12.6. The molecule has 0 aliphatic rings. The Morgan fingerprint density at radius 1 is 1.09 bits per heavy atom. The van der Waals surface area contributed by atoms with Gasteiger partial charge in [0.15, 0.2) is 0 Å². The fraction of sp³-hybridized carbons (Fsp3) is 0.333. The van der Waals surface area contributed by atoms with Crippen LogP contribution >= 0.6 is 0 Å². The van der Waals surface area contributed by atoms with Gasteiger partial charge in [-0.2, -0.15) is 0 Å². The van der Waals surface area contributed by atoms with Gasteiger partial charge in [-0.1, -0.05) is 37.6 Å². The Bertz CT molecular complexity index is 582. The third-order valence-electron chi connectivity index (χ3n) is 3.91. The van der Waals surface area contributed by atoms with Crippen molar-refractivity contribution in [2.24, 2.45) is 0 Å². The first-order valence-electron chi connectivity index (χ1n) is 7.64. The van der Waals surface area contributed by atoms with Crippen LogP contribution in [0.25, 0.3) is 11.1 Å². The summed E-state index contributed by atoms with van der Waals surface area (Å²) in [5.41, 5.74) is 5.34. The van der Waals surface area contributed by atoms with E-state index in [-0.39, 0.29) is 5.91 Å². The zero-order valence-electron chi connectivity index (χ0n) is 12.8. The highest BCUT2D eigenvalue weighted by molar-refractivity contribution is 5.74. The van der Waals surface area contributed by atoms with Crippen LogP contribution in [0.4, 0.5) is 0 Å². The number of hydrogen-bond acceptors (Lipinski definition) is 3. The van der Waals surface area contributed by atoms with Crippen molar-refractivity contribution in [1.29, 1.82) is 0 Å². The molecule has 0 fully saturated rings. The summed E-state index contributed by atoms with van der Waals surface area (Å²) in [6.45, 7) is 2.20. The lowest BCUT2D eigenvalue weighted by molar-refractivity contribution is -0.129. The van der Waals surface area contributed by atoms with Gasteiger partial charge in [-0.3, -0.25) is 15.0 Å². The van der Waals surface area contributed by atoms with E-state index in [1.807, 2.05) is 12.1 Å². The average Bonchev–Trinajstić information content (AvgIpc) is 2.59. The lowest BCUT2D eigenvalue weighted by Gasteiger charge is -2.12. The fourth-order valence-electron chi connectivity index (χ4n) is 2.51. The molecule has 1 amide bonds. The Balaban J connectivity index is 1.86. The quantitative estimate of drug-likeness (QED) is 0.462.